The molecule has 400 valence electrons. The van der Waals surface area contributed by atoms with Gasteiger partial charge < -0.3 is 73.7 Å². The third-order valence-corrected chi connectivity index (χ3v) is 11.2. The van der Waals surface area contributed by atoms with Gasteiger partial charge in [-0.05, 0) is 49.7 Å². The minimum atomic E-state index is -2.03. The first kappa shape index (κ1) is 57.9. The molecule has 0 saturated carbocycles. The maximum atomic E-state index is 13.5. The molecule has 74 heavy (non-hydrogen) atoms. The molecule has 0 bridgehead atoms. The molecule has 25 nitrogen and oxygen atoms in total. The summed E-state index contributed by atoms with van der Waals surface area (Å²) in [5.74, 6) is -9.93. The van der Waals surface area contributed by atoms with E-state index in [0.717, 1.165) is 4.90 Å². The number of benzene rings is 2. The number of anilines is 1. The van der Waals surface area contributed by atoms with E-state index in [2.05, 4.69) is 10.6 Å². The summed E-state index contributed by atoms with van der Waals surface area (Å²) in [4.78, 5) is 102. The predicted octanol–water partition coefficient (Wildman–Crippen LogP) is 0.550. The van der Waals surface area contributed by atoms with Crippen LogP contribution in [0.15, 0.2) is 59.9 Å². The average Bonchev–Trinajstić information content (AvgIpc) is 3.68. The molecule has 3 aliphatic rings. The lowest BCUT2D eigenvalue weighted by molar-refractivity contribution is -0.271. The van der Waals surface area contributed by atoms with Crippen LogP contribution in [0.4, 0.5) is 5.69 Å². The Morgan fingerprint density at radius 1 is 0.824 bits per heavy atom. The number of halogens is 1. The van der Waals surface area contributed by atoms with Crippen LogP contribution in [0, 0.1) is 17.2 Å². The summed E-state index contributed by atoms with van der Waals surface area (Å²) in [6.07, 6.45) is -8.64. The highest BCUT2D eigenvalue weighted by molar-refractivity contribution is 6.30. The number of amides is 4. The van der Waals surface area contributed by atoms with Crippen molar-refractivity contribution < 1.29 is 101 Å². The van der Waals surface area contributed by atoms with Crippen LogP contribution in [-0.4, -0.2) is 169 Å². The molecule has 3 heterocycles. The van der Waals surface area contributed by atoms with Crippen molar-refractivity contribution >= 4 is 64.8 Å². The largest absolute Gasteiger partial charge is 0.479 e. The summed E-state index contributed by atoms with van der Waals surface area (Å²) in [7, 11) is 0. The summed E-state index contributed by atoms with van der Waals surface area (Å²) in [5.41, 5.74) is -0.0831. The lowest BCUT2D eigenvalue weighted by Crippen LogP contribution is -2.61. The van der Waals surface area contributed by atoms with Crippen LogP contribution in [0.1, 0.15) is 50.2 Å². The zero-order chi connectivity index (χ0) is 53.9. The highest BCUT2D eigenvalue weighted by Crippen LogP contribution is 2.46. The van der Waals surface area contributed by atoms with E-state index in [1.807, 2.05) is 6.07 Å². The number of aliphatic hydroxyl groups excluding tert-OH is 3. The normalized spacial score (nSPS) is 20.4. The fourth-order valence-corrected chi connectivity index (χ4v) is 7.59. The first-order chi connectivity index (χ1) is 35.5. The Morgan fingerprint density at radius 2 is 1.50 bits per heavy atom. The Morgan fingerprint density at radius 3 is 2.16 bits per heavy atom. The molecule has 6 N–H and O–H groups in total. The van der Waals surface area contributed by atoms with Crippen LogP contribution in [0.5, 0.6) is 11.5 Å². The molecule has 1 saturated heterocycles. The molecule has 0 aliphatic carbocycles. The third kappa shape index (κ3) is 16.0. The standard InChI is InChI=1S/C48H55ClN4O21/c1-3-69-46(64)29(24-50)39-28-22-27(49)6-8-31(28)72-33(40(39)47(65)70-4-2)23-38(58)71-25-26-5-7-32(73-48-43(61)41(59)42(60)44(74-48)45(62)63)30(21-26)52-35(55)11-13-51-34(54)12-15-66-17-19-68-20-18-67-16-14-53-36(56)9-10-37(53)57/h5-10,21-22,29,39,41-44,48,59-61H,3-4,11-20,23,25H2,1-2H3,(H,51,54)(H,52,55)(H,62,63)/t29?,39?,41-,42-,43+,44-,48+/m0/s1. The van der Waals surface area contributed by atoms with Crippen molar-refractivity contribution in [2.75, 3.05) is 71.3 Å². The van der Waals surface area contributed by atoms with Crippen LogP contribution in [-0.2, 0) is 78.1 Å². The summed E-state index contributed by atoms with van der Waals surface area (Å²) < 4.78 is 49.1. The number of hydrogen-bond acceptors (Lipinski definition) is 21. The van der Waals surface area contributed by atoms with Gasteiger partial charge in [0.2, 0.25) is 18.1 Å². The number of fused-ring (bicyclic) bond motifs is 1. The average molecular weight is 1060 g/mol. The molecule has 3 aliphatic heterocycles. The van der Waals surface area contributed by atoms with Crippen molar-refractivity contribution in [3.8, 4) is 17.6 Å². The molecule has 5 rings (SSSR count). The minimum absolute atomic E-state index is 0.0313. The molecule has 2 aromatic rings. The number of nitrogens with zero attached hydrogens (tertiary/aromatic N) is 2. The smallest absolute Gasteiger partial charge is 0.338 e. The first-order valence-corrected chi connectivity index (χ1v) is 23.5. The molecule has 4 amide bonds. The second kappa shape index (κ2) is 28.4. The molecule has 7 atom stereocenters. The minimum Gasteiger partial charge on any atom is -0.479 e. The van der Waals surface area contributed by atoms with Gasteiger partial charge >= 0.3 is 23.9 Å². The Balaban J connectivity index is 1.20. The molecule has 0 radical (unpaired) electrons. The number of esters is 3. The summed E-state index contributed by atoms with van der Waals surface area (Å²) >= 11 is 6.28. The Hall–Kier alpha value is -7.02. The van der Waals surface area contributed by atoms with E-state index in [0.29, 0.717) is 0 Å². The third-order valence-electron chi connectivity index (χ3n) is 11.0. The van der Waals surface area contributed by atoms with Crippen molar-refractivity contribution in [1.29, 1.82) is 5.26 Å². The first-order valence-electron chi connectivity index (χ1n) is 23.1. The Bertz CT molecular complexity index is 2480. The van der Waals surface area contributed by atoms with E-state index in [1.54, 1.807) is 0 Å². The number of rotatable bonds is 28. The quantitative estimate of drug-likeness (QED) is 0.0293. The van der Waals surface area contributed by atoms with E-state index in [-0.39, 0.29) is 123 Å². The summed E-state index contributed by atoms with van der Waals surface area (Å²) in [6, 6.07) is 10.1. The number of ether oxygens (including phenoxy) is 9. The number of nitrogens with one attached hydrogen (secondary N) is 2. The zero-order valence-corrected chi connectivity index (χ0v) is 40.8. The molecular weight excluding hydrogens is 1000 g/mol. The number of nitriles is 1. The van der Waals surface area contributed by atoms with Crippen molar-refractivity contribution in [2.45, 2.75) is 76.3 Å². The fraction of sp³-hybridized carbons (Fsp3) is 0.479. The SMILES string of the molecule is CCOC(=O)C1=C(CC(=O)OCc2ccc(O[C@@H]3O[C@H](C(=O)O)[C@@H](O)[C@H](O)[C@H]3O)c(NC(=O)CCNC(=O)CCOCCOCCOCCN3C(=O)C=CC3=O)c2)Oc2ccc(Cl)cc2C1C(C#N)C(=O)OCC. The van der Waals surface area contributed by atoms with Gasteiger partial charge in [-0.25, -0.2) is 9.59 Å². The zero-order valence-electron chi connectivity index (χ0n) is 40.1. The highest BCUT2D eigenvalue weighted by Gasteiger charge is 2.48. The lowest BCUT2D eigenvalue weighted by Gasteiger charge is -2.38. The monoisotopic (exact) mass is 1060 g/mol. The molecule has 1 fully saturated rings. The number of carboxylic acids is 1. The van der Waals surface area contributed by atoms with Crippen molar-refractivity contribution in [3.05, 3.63) is 76.0 Å². The summed E-state index contributed by atoms with van der Waals surface area (Å²) in [5, 5.41) is 56.2. The lowest BCUT2D eigenvalue weighted by atomic mass is 9.78. The van der Waals surface area contributed by atoms with Crippen LogP contribution >= 0.6 is 11.6 Å². The van der Waals surface area contributed by atoms with Gasteiger partial charge in [0.1, 0.15) is 48.6 Å². The van der Waals surface area contributed by atoms with Crippen molar-refractivity contribution in [1.82, 2.24) is 10.2 Å². The number of carboxylic acid groups (broad SMARTS) is 1. The van der Waals surface area contributed by atoms with Crippen LogP contribution in [0.3, 0.4) is 0 Å². The molecule has 2 aromatic carbocycles. The number of aliphatic carboxylic acids is 1. The van der Waals surface area contributed by atoms with Gasteiger partial charge in [-0.3, -0.25) is 33.7 Å². The topological polar surface area (TPSA) is 352 Å². The predicted molar refractivity (Wildman–Crippen MR) is 249 cm³/mol. The molecule has 2 unspecified atom stereocenters. The number of aliphatic hydroxyl groups is 3. The maximum absolute atomic E-state index is 13.5. The van der Waals surface area contributed by atoms with E-state index < -0.39 is 103 Å². The van der Waals surface area contributed by atoms with Gasteiger partial charge in [-0.15, -0.1) is 0 Å². The Labute approximate surface area is 427 Å². The molecular formula is C48H55ClN4O21. The number of imide groups is 1. The van der Waals surface area contributed by atoms with Gasteiger partial charge in [-0.2, -0.15) is 5.26 Å². The highest BCUT2D eigenvalue weighted by atomic mass is 35.5. The van der Waals surface area contributed by atoms with Crippen LogP contribution in [0.2, 0.25) is 5.02 Å². The van der Waals surface area contributed by atoms with Crippen molar-refractivity contribution in [3.63, 3.8) is 0 Å². The number of carbonyl (C=O) groups is 8. The number of carbonyl (C=O) groups excluding carboxylic acids is 7. The van der Waals surface area contributed by atoms with E-state index >= 15 is 0 Å². The van der Waals surface area contributed by atoms with E-state index in [4.69, 9.17) is 54.2 Å². The van der Waals surface area contributed by atoms with Gasteiger partial charge in [0, 0.05) is 48.0 Å². The van der Waals surface area contributed by atoms with Crippen LogP contribution < -0.4 is 20.1 Å². The summed E-state index contributed by atoms with van der Waals surface area (Å²) in [6.45, 7) is 3.31. The van der Waals surface area contributed by atoms with Gasteiger partial charge in [0.15, 0.2) is 12.0 Å². The van der Waals surface area contributed by atoms with Crippen molar-refractivity contribution in [2.24, 2.45) is 5.92 Å². The van der Waals surface area contributed by atoms with E-state index in [1.165, 1.54) is 62.4 Å². The van der Waals surface area contributed by atoms with E-state index in [9.17, 15) is 64.0 Å². The maximum Gasteiger partial charge on any atom is 0.338 e. The molecule has 0 aromatic heterocycles. The molecule has 0 spiro atoms. The Kier molecular flexibility index (Phi) is 22.2. The fourth-order valence-electron chi connectivity index (χ4n) is 7.41. The molecule has 26 heteroatoms. The van der Waals surface area contributed by atoms with Gasteiger partial charge in [0.05, 0.1) is 76.7 Å². The second-order valence-electron chi connectivity index (χ2n) is 16.1. The van der Waals surface area contributed by atoms with Gasteiger partial charge in [0.25, 0.3) is 11.8 Å². The number of hydrogen-bond donors (Lipinski definition) is 6. The van der Waals surface area contributed by atoms with Crippen LogP contribution in [0.25, 0.3) is 0 Å². The van der Waals surface area contributed by atoms with Gasteiger partial charge in [-0.1, -0.05) is 17.7 Å². The second-order valence-corrected chi connectivity index (χ2v) is 16.5.